The quantitative estimate of drug-likeness (QED) is 0.674. The van der Waals surface area contributed by atoms with Crippen molar-refractivity contribution in [3.8, 4) is 5.75 Å². The first-order valence-electron chi connectivity index (χ1n) is 5.03. The largest absolute Gasteiger partial charge is 0.485 e. The summed E-state index contributed by atoms with van der Waals surface area (Å²) in [6.45, 7) is -0.243. The molecule has 7 heteroatoms. The Morgan fingerprint density at radius 3 is 2.53 bits per heavy atom. The molecule has 0 amide bonds. The lowest BCUT2D eigenvalue weighted by molar-refractivity contribution is 0.0921. The number of rotatable bonds is 4. The van der Waals surface area contributed by atoms with Gasteiger partial charge in [0.05, 0.1) is 7.57 Å². The Bertz CT molecular complexity index is 628. The number of carbonyl (C=O) groups is 1. The lowest BCUT2D eigenvalue weighted by Crippen LogP contribution is -2.11. The third-order valence-corrected chi connectivity index (χ3v) is 4.56. The standard InChI is InChI=1S/C12H6Br2F2O2S/c13-11-4-7(12(14)19-11)10(17)5-18-6-1-2-8(15)9(16)3-6/h1-4H,5H2. The van der Waals surface area contributed by atoms with Crippen molar-refractivity contribution >= 4 is 49.0 Å². The maximum Gasteiger partial charge on any atom is 0.202 e. The van der Waals surface area contributed by atoms with Crippen LogP contribution in [0.3, 0.4) is 0 Å². The van der Waals surface area contributed by atoms with Crippen LogP contribution in [0.4, 0.5) is 8.78 Å². The molecule has 0 aliphatic rings. The third kappa shape index (κ3) is 3.61. The molecule has 0 saturated heterocycles. The number of carbonyl (C=O) groups excluding carboxylic acids is 1. The molecular formula is C12H6Br2F2O2S. The summed E-state index contributed by atoms with van der Waals surface area (Å²) in [6.07, 6.45) is 0. The molecule has 2 aromatic rings. The van der Waals surface area contributed by atoms with Crippen LogP contribution in [0.2, 0.25) is 0 Å². The highest BCUT2D eigenvalue weighted by Gasteiger charge is 2.14. The number of Topliss-reactive ketones (excluding diaryl/α,β-unsaturated/α-hetero) is 1. The third-order valence-electron chi connectivity index (χ3n) is 2.22. The van der Waals surface area contributed by atoms with Crippen molar-refractivity contribution in [2.75, 3.05) is 6.61 Å². The lowest BCUT2D eigenvalue weighted by Gasteiger charge is -2.05. The minimum Gasteiger partial charge on any atom is -0.485 e. The van der Waals surface area contributed by atoms with Crippen LogP contribution in [0.1, 0.15) is 10.4 Å². The average molecular weight is 412 g/mol. The van der Waals surface area contributed by atoms with E-state index in [-0.39, 0.29) is 18.1 Å². The van der Waals surface area contributed by atoms with E-state index in [1.54, 1.807) is 6.07 Å². The van der Waals surface area contributed by atoms with E-state index in [4.69, 9.17) is 4.74 Å². The zero-order valence-corrected chi connectivity index (χ0v) is 13.2. The SMILES string of the molecule is O=C(COc1ccc(F)c(F)c1)c1cc(Br)sc1Br. The molecule has 0 saturated carbocycles. The van der Waals surface area contributed by atoms with E-state index in [9.17, 15) is 13.6 Å². The molecule has 2 nitrogen and oxygen atoms in total. The van der Waals surface area contributed by atoms with Gasteiger partial charge in [-0.1, -0.05) is 0 Å². The first-order chi connectivity index (χ1) is 8.97. The van der Waals surface area contributed by atoms with Crippen LogP contribution in [-0.2, 0) is 0 Å². The fourth-order valence-corrected chi connectivity index (χ4v) is 4.18. The highest BCUT2D eigenvalue weighted by atomic mass is 79.9. The second-order valence-electron chi connectivity index (χ2n) is 3.53. The van der Waals surface area contributed by atoms with Crippen LogP contribution in [0.15, 0.2) is 31.8 Å². The maximum atomic E-state index is 12.9. The summed E-state index contributed by atoms with van der Waals surface area (Å²) < 4.78 is 32.3. The van der Waals surface area contributed by atoms with Gasteiger partial charge in [0.25, 0.3) is 0 Å². The number of hydrogen-bond donors (Lipinski definition) is 0. The lowest BCUT2D eigenvalue weighted by atomic mass is 10.2. The van der Waals surface area contributed by atoms with E-state index in [1.165, 1.54) is 17.4 Å². The molecule has 0 atom stereocenters. The molecule has 2 rings (SSSR count). The summed E-state index contributed by atoms with van der Waals surface area (Å²) in [5, 5.41) is 0. The number of benzene rings is 1. The Morgan fingerprint density at radius 1 is 1.21 bits per heavy atom. The molecular weight excluding hydrogens is 406 g/mol. The summed E-state index contributed by atoms with van der Waals surface area (Å²) in [5.74, 6) is -2.11. The Kier molecular flexibility index (Phi) is 4.70. The fraction of sp³-hybridized carbons (Fsp3) is 0.0833. The summed E-state index contributed by atoms with van der Waals surface area (Å²) in [7, 11) is 0. The van der Waals surface area contributed by atoms with E-state index in [1.807, 2.05) is 0 Å². The van der Waals surface area contributed by atoms with E-state index in [0.29, 0.717) is 9.35 Å². The molecule has 1 aromatic carbocycles. The van der Waals surface area contributed by atoms with Crippen LogP contribution < -0.4 is 4.74 Å². The van der Waals surface area contributed by atoms with Gasteiger partial charge in [-0.2, -0.15) is 0 Å². The second-order valence-corrected chi connectivity index (χ2v) is 7.27. The van der Waals surface area contributed by atoms with E-state index < -0.39 is 11.6 Å². The molecule has 0 bridgehead atoms. The normalized spacial score (nSPS) is 10.5. The zero-order chi connectivity index (χ0) is 14.0. The van der Waals surface area contributed by atoms with Crippen LogP contribution in [0.25, 0.3) is 0 Å². The first-order valence-corrected chi connectivity index (χ1v) is 7.43. The van der Waals surface area contributed by atoms with Gasteiger partial charge in [0.1, 0.15) is 5.75 Å². The Labute approximate surface area is 128 Å². The van der Waals surface area contributed by atoms with Gasteiger partial charge in [0.15, 0.2) is 18.2 Å². The van der Waals surface area contributed by atoms with Crippen LogP contribution in [0.5, 0.6) is 5.75 Å². The molecule has 19 heavy (non-hydrogen) atoms. The van der Waals surface area contributed by atoms with Gasteiger partial charge in [0, 0.05) is 11.6 Å². The van der Waals surface area contributed by atoms with Crippen molar-refractivity contribution < 1.29 is 18.3 Å². The minimum absolute atomic E-state index is 0.109. The Morgan fingerprint density at radius 2 is 1.95 bits per heavy atom. The summed E-state index contributed by atoms with van der Waals surface area (Å²) in [4.78, 5) is 11.9. The number of ether oxygens (including phenoxy) is 1. The summed E-state index contributed by atoms with van der Waals surface area (Å²) >= 11 is 7.91. The van der Waals surface area contributed by atoms with Gasteiger partial charge < -0.3 is 4.74 Å². The molecule has 100 valence electrons. The van der Waals surface area contributed by atoms with Crippen molar-refractivity contribution in [2.45, 2.75) is 0 Å². The van der Waals surface area contributed by atoms with Crippen molar-refractivity contribution in [1.29, 1.82) is 0 Å². The molecule has 1 aromatic heterocycles. The van der Waals surface area contributed by atoms with Gasteiger partial charge in [0.2, 0.25) is 5.78 Å². The van der Waals surface area contributed by atoms with E-state index in [2.05, 4.69) is 31.9 Å². The topological polar surface area (TPSA) is 26.3 Å². The molecule has 1 heterocycles. The summed E-state index contributed by atoms with van der Waals surface area (Å²) in [5.41, 5.74) is 0.486. The zero-order valence-electron chi connectivity index (χ0n) is 9.25. The van der Waals surface area contributed by atoms with Gasteiger partial charge in [-0.15, -0.1) is 11.3 Å². The van der Waals surface area contributed by atoms with Gasteiger partial charge in [-0.3, -0.25) is 4.79 Å². The fourth-order valence-electron chi connectivity index (χ4n) is 1.32. The summed E-state index contributed by atoms with van der Waals surface area (Å²) in [6, 6.07) is 4.80. The predicted octanol–water partition coefficient (Wildman–Crippen LogP) is 4.81. The van der Waals surface area contributed by atoms with Crippen LogP contribution in [0, 0.1) is 11.6 Å². The smallest absolute Gasteiger partial charge is 0.202 e. The van der Waals surface area contributed by atoms with Crippen molar-refractivity contribution in [2.24, 2.45) is 0 Å². The van der Waals surface area contributed by atoms with Crippen LogP contribution >= 0.6 is 43.2 Å². The molecule has 0 radical (unpaired) electrons. The molecule has 0 N–H and O–H groups in total. The van der Waals surface area contributed by atoms with E-state index >= 15 is 0 Å². The highest BCUT2D eigenvalue weighted by molar-refractivity contribution is 9.12. The minimum atomic E-state index is -1.01. The molecule has 0 spiro atoms. The maximum absolute atomic E-state index is 12.9. The molecule has 0 aliphatic carbocycles. The van der Waals surface area contributed by atoms with E-state index in [0.717, 1.165) is 15.9 Å². The average Bonchev–Trinajstić information content (AvgIpc) is 2.70. The number of hydrogen-bond acceptors (Lipinski definition) is 3. The number of halogens is 4. The highest BCUT2D eigenvalue weighted by Crippen LogP contribution is 2.32. The van der Waals surface area contributed by atoms with Gasteiger partial charge in [-0.25, -0.2) is 8.78 Å². The van der Waals surface area contributed by atoms with Gasteiger partial charge >= 0.3 is 0 Å². The second kappa shape index (κ2) is 6.11. The molecule has 0 fully saturated rings. The first kappa shape index (κ1) is 14.6. The van der Waals surface area contributed by atoms with Crippen molar-refractivity contribution in [3.63, 3.8) is 0 Å². The van der Waals surface area contributed by atoms with Crippen molar-refractivity contribution in [1.82, 2.24) is 0 Å². The predicted molar refractivity (Wildman–Crippen MR) is 75.9 cm³/mol. The van der Waals surface area contributed by atoms with Crippen LogP contribution in [-0.4, -0.2) is 12.4 Å². The Balaban J connectivity index is 2.04. The Hall–Kier alpha value is -0.790. The van der Waals surface area contributed by atoms with Crippen molar-refractivity contribution in [3.05, 3.63) is 49.0 Å². The molecule has 0 unspecified atom stereocenters. The number of ketones is 1. The number of thiophene rings is 1. The molecule has 0 aliphatic heterocycles. The van der Waals surface area contributed by atoms with Gasteiger partial charge in [-0.05, 0) is 50.1 Å². The monoisotopic (exact) mass is 410 g/mol.